The van der Waals surface area contributed by atoms with Crippen molar-refractivity contribution < 1.29 is 9.53 Å². The zero-order valence-electron chi connectivity index (χ0n) is 6.46. The topological polar surface area (TPSA) is 29.5 Å². The zero-order chi connectivity index (χ0) is 7.98. The highest BCUT2D eigenvalue weighted by Crippen LogP contribution is 1.87. The number of ether oxygens (including phenoxy) is 1. The van der Waals surface area contributed by atoms with Crippen LogP contribution in [0.2, 0.25) is 0 Å². The van der Waals surface area contributed by atoms with Crippen LogP contribution in [0.4, 0.5) is 4.79 Å². The Kier molecular flexibility index (Phi) is 4.66. The van der Waals surface area contributed by atoms with Crippen LogP contribution in [0.25, 0.3) is 0 Å². The van der Waals surface area contributed by atoms with Crippen molar-refractivity contribution in [3.05, 3.63) is 12.7 Å². The van der Waals surface area contributed by atoms with E-state index < -0.39 is 0 Å². The highest BCUT2D eigenvalue weighted by Gasteiger charge is 2.04. The third-order valence-corrected chi connectivity index (χ3v) is 1.71. The van der Waals surface area contributed by atoms with Crippen molar-refractivity contribution >= 4 is 16.5 Å². The molecule has 0 unspecified atom stereocenters. The van der Waals surface area contributed by atoms with Gasteiger partial charge in [-0.25, -0.2) is 4.79 Å². The van der Waals surface area contributed by atoms with E-state index in [1.165, 1.54) is 0 Å². The van der Waals surface area contributed by atoms with Gasteiger partial charge in [-0.15, -0.1) is 6.58 Å². The molecule has 0 aliphatic rings. The minimum absolute atomic E-state index is 0.242. The molecule has 0 spiro atoms. The molecule has 4 heteroatoms. The fourth-order valence-corrected chi connectivity index (χ4v) is 0.889. The fraction of sp³-hybridized carbons (Fsp3) is 0.500. The molecule has 0 aromatic carbocycles. The summed E-state index contributed by atoms with van der Waals surface area (Å²) < 4.78 is 6.32. The van der Waals surface area contributed by atoms with E-state index in [-0.39, 0.29) is 6.09 Å². The van der Waals surface area contributed by atoms with Crippen LogP contribution < -0.4 is 0 Å². The Balaban J connectivity index is 3.58. The Morgan fingerprint density at radius 2 is 2.50 bits per heavy atom. The molecule has 0 saturated carbocycles. The number of hydrogen-bond donors (Lipinski definition) is 0. The smallest absolute Gasteiger partial charge is 0.401 e. The van der Waals surface area contributed by atoms with E-state index in [0.29, 0.717) is 23.6 Å². The number of amides is 1. The Labute approximate surface area is 64.2 Å². The van der Waals surface area contributed by atoms with Crippen molar-refractivity contribution in [2.24, 2.45) is 0 Å². The summed E-state index contributed by atoms with van der Waals surface area (Å²) in [5.74, 6) is 0. The van der Waals surface area contributed by atoms with E-state index >= 15 is 0 Å². The lowest BCUT2D eigenvalue weighted by Gasteiger charge is -2.13. The molecule has 1 amide bonds. The molecule has 58 valence electrons. The second kappa shape index (κ2) is 5.05. The summed E-state index contributed by atoms with van der Waals surface area (Å²) in [4.78, 5) is 10.8. The maximum absolute atomic E-state index is 10.8. The van der Waals surface area contributed by atoms with Crippen LogP contribution >= 0.6 is 0 Å². The quantitative estimate of drug-likeness (QED) is 0.425. The van der Waals surface area contributed by atoms with Gasteiger partial charge in [-0.1, -0.05) is 6.08 Å². The fourth-order valence-electron chi connectivity index (χ4n) is 0.502. The molecule has 0 heterocycles. The third-order valence-electron chi connectivity index (χ3n) is 0.982. The van der Waals surface area contributed by atoms with Crippen molar-refractivity contribution in [2.75, 3.05) is 13.2 Å². The molecular weight excluding hydrogens is 146 g/mol. The molecule has 10 heavy (non-hydrogen) atoms. The van der Waals surface area contributed by atoms with Crippen molar-refractivity contribution in [3.63, 3.8) is 0 Å². The van der Waals surface area contributed by atoms with E-state index in [1.54, 1.807) is 17.6 Å². The molecule has 0 atom stereocenters. The zero-order valence-corrected chi connectivity index (χ0v) is 8.46. The standard InChI is InChI=1S/C6H13NO2Si/c1-3-5-7(10)6(8)9-4-2/h3H,1,4-5H2,2,10H3. The van der Waals surface area contributed by atoms with Crippen LogP contribution in [0.15, 0.2) is 12.7 Å². The molecule has 0 fully saturated rings. The maximum atomic E-state index is 10.8. The van der Waals surface area contributed by atoms with E-state index in [4.69, 9.17) is 4.74 Å². The minimum atomic E-state index is -0.242. The van der Waals surface area contributed by atoms with Gasteiger partial charge in [0.05, 0.1) is 6.61 Å². The first kappa shape index (κ1) is 9.23. The maximum Gasteiger partial charge on any atom is 0.401 e. The predicted octanol–water partition coefficient (Wildman–Crippen LogP) is -0.0887. The summed E-state index contributed by atoms with van der Waals surface area (Å²) in [5.41, 5.74) is 0. The second-order valence-corrected chi connectivity index (χ2v) is 2.95. The van der Waals surface area contributed by atoms with Crippen LogP contribution in [-0.4, -0.2) is 34.2 Å². The number of rotatable bonds is 3. The Morgan fingerprint density at radius 3 is 2.90 bits per heavy atom. The van der Waals surface area contributed by atoms with Crippen molar-refractivity contribution in [1.29, 1.82) is 0 Å². The van der Waals surface area contributed by atoms with Gasteiger partial charge in [0.15, 0.2) is 0 Å². The molecule has 0 bridgehead atoms. The van der Waals surface area contributed by atoms with Crippen LogP contribution in [0, 0.1) is 0 Å². The highest BCUT2D eigenvalue weighted by atomic mass is 28.2. The van der Waals surface area contributed by atoms with Crippen LogP contribution in [0.5, 0.6) is 0 Å². The van der Waals surface area contributed by atoms with Gasteiger partial charge < -0.3 is 9.30 Å². The summed E-state index contributed by atoms with van der Waals surface area (Å²) in [5, 5.41) is 0. The average Bonchev–Trinajstić information content (AvgIpc) is 1.89. The van der Waals surface area contributed by atoms with E-state index in [9.17, 15) is 4.79 Å². The molecule has 0 aliphatic carbocycles. The van der Waals surface area contributed by atoms with Crippen LogP contribution in [0.1, 0.15) is 6.92 Å². The molecule has 0 saturated heterocycles. The lowest BCUT2D eigenvalue weighted by Crippen LogP contribution is -2.28. The largest absolute Gasteiger partial charge is 0.450 e. The van der Waals surface area contributed by atoms with Crippen molar-refractivity contribution in [3.8, 4) is 0 Å². The average molecular weight is 159 g/mol. The van der Waals surface area contributed by atoms with Gasteiger partial charge in [-0.3, -0.25) is 0 Å². The predicted molar refractivity (Wildman–Crippen MR) is 43.9 cm³/mol. The summed E-state index contributed by atoms with van der Waals surface area (Å²) in [6.07, 6.45) is 1.44. The molecule has 0 radical (unpaired) electrons. The van der Waals surface area contributed by atoms with Crippen molar-refractivity contribution in [2.45, 2.75) is 6.92 Å². The molecule has 0 aromatic rings. The Morgan fingerprint density at radius 1 is 1.90 bits per heavy atom. The van der Waals surface area contributed by atoms with Gasteiger partial charge in [-0.05, 0) is 6.92 Å². The van der Waals surface area contributed by atoms with Gasteiger partial charge >= 0.3 is 6.09 Å². The first-order chi connectivity index (χ1) is 4.72. The van der Waals surface area contributed by atoms with Crippen LogP contribution in [0.3, 0.4) is 0 Å². The number of carbonyl (C=O) groups excluding carboxylic acids is 1. The summed E-state index contributed by atoms with van der Waals surface area (Å²) in [7, 11) is 0.684. The molecule has 3 nitrogen and oxygen atoms in total. The summed E-state index contributed by atoms with van der Waals surface area (Å²) >= 11 is 0. The second-order valence-electron chi connectivity index (χ2n) is 1.87. The van der Waals surface area contributed by atoms with Gasteiger partial charge in [0.2, 0.25) is 0 Å². The van der Waals surface area contributed by atoms with E-state index in [2.05, 4.69) is 6.58 Å². The summed E-state index contributed by atoms with van der Waals surface area (Å²) in [6.45, 7) is 6.34. The van der Waals surface area contributed by atoms with Gasteiger partial charge in [0.1, 0.15) is 10.4 Å². The van der Waals surface area contributed by atoms with Gasteiger partial charge in [-0.2, -0.15) is 0 Å². The Bertz CT molecular complexity index is 127. The number of carbonyl (C=O) groups is 1. The lowest BCUT2D eigenvalue weighted by molar-refractivity contribution is 0.134. The highest BCUT2D eigenvalue weighted by molar-refractivity contribution is 6.12. The number of hydrogen-bond acceptors (Lipinski definition) is 2. The molecule has 0 N–H and O–H groups in total. The minimum Gasteiger partial charge on any atom is -0.450 e. The molecular formula is C6H13NO2Si. The number of nitrogens with zero attached hydrogens (tertiary/aromatic N) is 1. The molecule has 0 rings (SSSR count). The van der Waals surface area contributed by atoms with E-state index in [1.807, 2.05) is 0 Å². The third kappa shape index (κ3) is 3.29. The first-order valence-electron chi connectivity index (χ1n) is 3.21. The van der Waals surface area contributed by atoms with Gasteiger partial charge in [0, 0.05) is 6.54 Å². The van der Waals surface area contributed by atoms with Crippen LogP contribution in [-0.2, 0) is 4.74 Å². The van der Waals surface area contributed by atoms with Gasteiger partial charge in [0.25, 0.3) is 0 Å². The normalized spacial score (nSPS) is 8.90. The molecule has 0 aromatic heterocycles. The lowest BCUT2D eigenvalue weighted by atomic mass is 10.6. The van der Waals surface area contributed by atoms with Crippen molar-refractivity contribution in [1.82, 2.24) is 4.57 Å². The first-order valence-corrected chi connectivity index (χ1v) is 4.10. The SMILES string of the molecule is C=CCN([SiH3])C(=O)OCC. The summed E-state index contributed by atoms with van der Waals surface area (Å²) in [6, 6.07) is 0. The Hall–Kier alpha value is -0.773. The molecule has 0 aliphatic heterocycles. The monoisotopic (exact) mass is 159 g/mol. The van der Waals surface area contributed by atoms with E-state index in [0.717, 1.165) is 0 Å².